The van der Waals surface area contributed by atoms with E-state index in [0.29, 0.717) is 12.6 Å². The first-order chi connectivity index (χ1) is 9.58. The van der Waals surface area contributed by atoms with Crippen LogP contribution in [0.15, 0.2) is 0 Å². The molecule has 2 N–H and O–H groups in total. The predicted molar refractivity (Wildman–Crippen MR) is 81.8 cm³/mol. The van der Waals surface area contributed by atoms with Gasteiger partial charge in [0.25, 0.3) is 10.2 Å². The molecule has 2 aliphatic carbocycles. The lowest BCUT2D eigenvalue weighted by Crippen LogP contribution is -2.44. The highest BCUT2D eigenvalue weighted by Crippen LogP contribution is 2.19. The van der Waals surface area contributed by atoms with Crippen LogP contribution in [0.2, 0.25) is 0 Å². The molecule has 2 fully saturated rings. The van der Waals surface area contributed by atoms with Gasteiger partial charge in [-0.25, -0.2) is 0 Å². The Bertz CT molecular complexity index is 374. The minimum absolute atomic E-state index is 0.134. The van der Waals surface area contributed by atoms with E-state index in [-0.39, 0.29) is 6.04 Å². The molecule has 0 aromatic carbocycles. The second kappa shape index (κ2) is 7.73. The van der Waals surface area contributed by atoms with Crippen LogP contribution in [0.25, 0.3) is 0 Å². The molecule has 0 bridgehead atoms. The number of hydrogen-bond acceptors (Lipinski definition) is 3. The highest BCUT2D eigenvalue weighted by Gasteiger charge is 2.23. The average molecular weight is 303 g/mol. The van der Waals surface area contributed by atoms with Crippen molar-refractivity contribution in [3.05, 3.63) is 0 Å². The molecule has 118 valence electrons. The minimum atomic E-state index is -3.31. The predicted octanol–water partition coefficient (Wildman–Crippen LogP) is 1.62. The van der Waals surface area contributed by atoms with Gasteiger partial charge in [0.15, 0.2) is 0 Å². The first-order valence-electron chi connectivity index (χ1n) is 8.05. The summed E-state index contributed by atoms with van der Waals surface area (Å²) in [5, 5.41) is 3.41. The van der Waals surface area contributed by atoms with Crippen LogP contribution in [-0.2, 0) is 10.2 Å². The van der Waals surface area contributed by atoms with Crippen molar-refractivity contribution in [2.24, 2.45) is 0 Å². The highest BCUT2D eigenvalue weighted by atomic mass is 32.2. The van der Waals surface area contributed by atoms with Crippen molar-refractivity contribution >= 4 is 10.2 Å². The van der Waals surface area contributed by atoms with E-state index in [2.05, 4.69) is 10.0 Å². The van der Waals surface area contributed by atoms with Gasteiger partial charge >= 0.3 is 0 Å². The van der Waals surface area contributed by atoms with E-state index in [1.54, 1.807) is 7.05 Å². The second-order valence-corrected chi connectivity index (χ2v) is 8.02. The zero-order chi connectivity index (χ0) is 14.4. The minimum Gasteiger partial charge on any atom is -0.314 e. The zero-order valence-corrected chi connectivity index (χ0v) is 13.4. The fourth-order valence-electron chi connectivity index (χ4n) is 2.71. The molecule has 0 aromatic rings. The van der Waals surface area contributed by atoms with Gasteiger partial charge in [-0.05, 0) is 38.6 Å². The monoisotopic (exact) mass is 303 g/mol. The van der Waals surface area contributed by atoms with Crippen LogP contribution in [0.4, 0.5) is 0 Å². The molecule has 0 saturated heterocycles. The Morgan fingerprint density at radius 2 is 1.65 bits per heavy atom. The van der Waals surface area contributed by atoms with Crippen LogP contribution >= 0.6 is 0 Å². The van der Waals surface area contributed by atoms with Crippen LogP contribution in [0.3, 0.4) is 0 Å². The van der Waals surface area contributed by atoms with Crippen LogP contribution < -0.4 is 10.0 Å². The number of nitrogens with zero attached hydrogens (tertiary/aromatic N) is 1. The summed E-state index contributed by atoms with van der Waals surface area (Å²) in [5.74, 6) is 0. The molecule has 20 heavy (non-hydrogen) atoms. The van der Waals surface area contributed by atoms with E-state index in [1.165, 1.54) is 30.0 Å². The number of rotatable bonds is 8. The lowest BCUT2D eigenvalue weighted by atomic mass is 10.1. The lowest BCUT2D eigenvalue weighted by molar-refractivity contribution is 0.426. The molecule has 0 aromatic heterocycles. The van der Waals surface area contributed by atoms with Gasteiger partial charge in [0.05, 0.1) is 0 Å². The van der Waals surface area contributed by atoms with Gasteiger partial charge in [0.1, 0.15) is 0 Å². The van der Waals surface area contributed by atoms with Crippen molar-refractivity contribution < 1.29 is 8.42 Å². The summed E-state index contributed by atoms with van der Waals surface area (Å²) in [6.07, 6.45) is 10.1. The molecule has 0 amide bonds. The van der Waals surface area contributed by atoms with Gasteiger partial charge in [0.2, 0.25) is 0 Å². The summed E-state index contributed by atoms with van der Waals surface area (Å²) >= 11 is 0. The molecule has 0 unspecified atom stereocenters. The Morgan fingerprint density at radius 3 is 2.25 bits per heavy atom. The first kappa shape index (κ1) is 16.2. The van der Waals surface area contributed by atoms with Gasteiger partial charge in [-0.3, -0.25) is 0 Å². The van der Waals surface area contributed by atoms with Gasteiger partial charge in [-0.15, -0.1) is 0 Å². The maximum atomic E-state index is 12.2. The van der Waals surface area contributed by atoms with Crippen molar-refractivity contribution in [2.75, 3.05) is 20.1 Å². The van der Waals surface area contributed by atoms with E-state index in [0.717, 1.165) is 38.6 Å². The lowest BCUT2D eigenvalue weighted by Gasteiger charge is -2.22. The Balaban J connectivity index is 1.69. The molecular formula is C14H29N3O2S. The van der Waals surface area contributed by atoms with Crippen molar-refractivity contribution in [1.82, 2.24) is 14.3 Å². The van der Waals surface area contributed by atoms with Gasteiger partial charge < -0.3 is 5.32 Å². The third kappa shape index (κ3) is 5.68. The third-order valence-corrected chi connectivity index (χ3v) is 5.88. The quantitative estimate of drug-likeness (QED) is 0.529. The normalized spacial score (nSPS) is 22.1. The van der Waals surface area contributed by atoms with E-state index < -0.39 is 10.2 Å². The molecular weight excluding hydrogens is 274 g/mol. The summed E-state index contributed by atoms with van der Waals surface area (Å²) in [4.78, 5) is 0. The Labute approximate surface area is 123 Å². The summed E-state index contributed by atoms with van der Waals surface area (Å²) in [5.41, 5.74) is 0. The van der Waals surface area contributed by atoms with Gasteiger partial charge in [-0.2, -0.15) is 17.4 Å². The van der Waals surface area contributed by atoms with Crippen molar-refractivity contribution in [3.8, 4) is 0 Å². The molecule has 0 atom stereocenters. The smallest absolute Gasteiger partial charge is 0.279 e. The third-order valence-electron chi connectivity index (χ3n) is 4.24. The summed E-state index contributed by atoms with van der Waals surface area (Å²) in [6.45, 7) is 1.50. The second-order valence-electron chi connectivity index (χ2n) is 6.21. The Kier molecular flexibility index (Phi) is 6.26. The Morgan fingerprint density at radius 1 is 1.00 bits per heavy atom. The van der Waals surface area contributed by atoms with E-state index in [4.69, 9.17) is 0 Å². The van der Waals surface area contributed by atoms with Crippen LogP contribution in [-0.4, -0.2) is 44.9 Å². The summed E-state index contributed by atoms with van der Waals surface area (Å²) < 4.78 is 28.8. The fraction of sp³-hybridized carbons (Fsp3) is 1.00. The largest absolute Gasteiger partial charge is 0.314 e. The number of nitrogens with one attached hydrogen (secondary N) is 2. The molecule has 0 heterocycles. The van der Waals surface area contributed by atoms with Crippen molar-refractivity contribution in [1.29, 1.82) is 0 Å². The highest BCUT2D eigenvalue weighted by molar-refractivity contribution is 7.87. The Hall–Kier alpha value is -0.170. The van der Waals surface area contributed by atoms with Crippen molar-refractivity contribution in [3.63, 3.8) is 0 Å². The topological polar surface area (TPSA) is 61.4 Å². The van der Waals surface area contributed by atoms with Crippen LogP contribution in [0.5, 0.6) is 0 Å². The molecule has 2 aliphatic rings. The average Bonchev–Trinajstić information content (AvgIpc) is 3.21. The fourth-order valence-corrected chi connectivity index (χ4v) is 3.92. The maximum Gasteiger partial charge on any atom is 0.279 e. The van der Waals surface area contributed by atoms with Gasteiger partial charge in [-0.1, -0.05) is 25.7 Å². The summed E-state index contributed by atoms with van der Waals surface area (Å²) in [6, 6.07) is 0.829. The van der Waals surface area contributed by atoms with E-state index in [1.807, 2.05) is 0 Å². The number of hydrogen-bond donors (Lipinski definition) is 2. The first-order valence-corrected chi connectivity index (χ1v) is 9.49. The van der Waals surface area contributed by atoms with Crippen molar-refractivity contribution in [2.45, 2.75) is 69.9 Å². The molecule has 0 spiro atoms. The molecule has 5 nitrogen and oxygen atoms in total. The van der Waals surface area contributed by atoms with E-state index in [9.17, 15) is 8.42 Å². The van der Waals surface area contributed by atoms with E-state index >= 15 is 0 Å². The standard InChI is InChI=1S/C14H29N3O2S/c1-17(12-6-11-15-13-9-10-13)20(18,19)16-14-7-4-2-3-5-8-14/h13-16H,2-12H2,1H3. The molecule has 2 saturated carbocycles. The van der Waals surface area contributed by atoms with Crippen LogP contribution in [0, 0.1) is 0 Å². The summed E-state index contributed by atoms with van der Waals surface area (Å²) in [7, 11) is -1.63. The molecule has 0 aliphatic heterocycles. The van der Waals surface area contributed by atoms with Gasteiger partial charge in [0, 0.05) is 25.7 Å². The molecule has 2 rings (SSSR count). The maximum absolute atomic E-state index is 12.2. The molecule has 6 heteroatoms. The zero-order valence-electron chi connectivity index (χ0n) is 12.6. The molecule has 0 radical (unpaired) electrons. The van der Waals surface area contributed by atoms with Crippen LogP contribution in [0.1, 0.15) is 57.8 Å². The SMILES string of the molecule is CN(CCCNC1CC1)S(=O)(=O)NC1CCCCCC1.